The van der Waals surface area contributed by atoms with Gasteiger partial charge in [-0.05, 0) is 52.7 Å². The Labute approximate surface area is 123 Å². The molecule has 0 fully saturated rings. The zero-order chi connectivity index (χ0) is 14.7. The number of nitrogens with zero attached hydrogens (tertiary/aromatic N) is 1. The van der Waals surface area contributed by atoms with Gasteiger partial charge in [0, 0.05) is 11.6 Å². The van der Waals surface area contributed by atoms with Gasteiger partial charge < -0.3 is 4.74 Å². The van der Waals surface area contributed by atoms with Crippen LogP contribution in [0.5, 0.6) is 11.5 Å². The van der Waals surface area contributed by atoms with Gasteiger partial charge in [-0.3, -0.25) is 14.9 Å². The summed E-state index contributed by atoms with van der Waals surface area (Å²) >= 11 is 3.16. The molecule has 0 radical (unpaired) electrons. The van der Waals surface area contributed by atoms with Gasteiger partial charge in [0.2, 0.25) is 0 Å². The largest absolute Gasteiger partial charge is 0.456 e. The second-order valence-corrected chi connectivity index (χ2v) is 4.88. The lowest BCUT2D eigenvalue weighted by Gasteiger charge is -2.09. The highest BCUT2D eigenvalue weighted by atomic mass is 79.9. The Kier molecular flexibility index (Phi) is 4.14. The van der Waals surface area contributed by atoms with E-state index in [9.17, 15) is 14.9 Å². The molecule has 0 aromatic heterocycles. The number of aryl methyl sites for hydroxylation is 1. The summed E-state index contributed by atoms with van der Waals surface area (Å²) in [6.45, 7) is 1.79. The van der Waals surface area contributed by atoms with Crippen molar-refractivity contribution in [2.24, 2.45) is 0 Å². The number of hydrogen-bond acceptors (Lipinski definition) is 4. The van der Waals surface area contributed by atoms with Gasteiger partial charge in [-0.1, -0.05) is 6.07 Å². The number of aldehydes is 1. The number of carbonyl (C=O) groups excluding carboxylic acids is 1. The Morgan fingerprint density at radius 2 is 2.05 bits per heavy atom. The van der Waals surface area contributed by atoms with Crippen molar-refractivity contribution < 1.29 is 14.5 Å². The maximum Gasteiger partial charge on any atom is 0.287 e. The van der Waals surface area contributed by atoms with Crippen molar-refractivity contribution in [2.75, 3.05) is 0 Å². The lowest BCUT2D eigenvalue weighted by Crippen LogP contribution is -1.93. The zero-order valence-corrected chi connectivity index (χ0v) is 12.1. The van der Waals surface area contributed by atoms with Crippen LogP contribution in [0.3, 0.4) is 0 Å². The van der Waals surface area contributed by atoms with Crippen LogP contribution in [-0.4, -0.2) is 11.2 Å². The number of benzene rings is 2. The molecule has 0 amide bonds. The predicted octanol–water partition coefficient (Wildman–Crippen LogP) is 4.27. The van der Waals surface area contributed by atoms with E-state index in [4.69, 9.17) is 4.74 Å². The SMILES string of the molecule is Cc1cc(Oc2cccc([N+](=O)[O-])c2Br)ccc1C=O. The second-order valence-electron chi connectivity index (χ2n) is 4.08. The maximum atomic E-state index is 10.8. The van der Waals surface area contributed by atoms with E-state index in [0.717, 1.165) is 11.8 Å². The molecule has 0 bridgehead atoms. The minimum absolute atomic E-state index is 0.0660. The summed E-state index contributed by atoms with van der Waals surface area (Å²) in [5.41, 5.74) is 1.29. The highest BCUT2D eigenvalue weighted by Gasteiger charge is 2.16. The number of halogens is 1. The Morgan fingerprint density at radius 3 is 2.65 bits per heavy atom. The highest BCUT2D eigenvalue weighted by Crippen LogP contribution is 2.36. The molecule has 0 saturated heterocycles. The molecule has 5 nitrogen and oxygen atoms in total. The molecule has 2 aromatic carbocycles. The maximum absolute atomic E-state index is 10.8. The Hall–Kier alpha value is -2.21. The van der Waals surface area contributed by atoms with E-state index in [1.165, 1.54) is 6.07 Å². The van der Waals surface area contributed by atoms with Gasteiger partial charge >= 0.3 is 0 Å². The minimum atomic E-state index is -0.488. The van der Waals surface area contributed by atoms with E-state index in [2.05, 4.69) is 15.9 Å². The number of nitro groups is 1. The third-order valence-electron chi connectivity index (χ3n) is 2.74. The summed E-state index contributed by atoms with van der Waals surface area (Å²) in [7, 11) is 0. The Balaban J connectivity index is 2.35. The molecule has 0 heterocycles. The molecule has 6 heteroatoms. The summed E-state index contributed by atoms with van der Waals surface area (Å²) in [5, 5.41) is 10.8. The van der Waals surface area contributed by atoms with Gasteiger partial charge in [0.05, 0.1) is 4.92 Å². The van der Waals surface area contributed by atoms with Gasteiger partial charge in [-0.25, -0.2) is 0 Å². The fourth-order valence-electron chi connectivity index (χ4n) is 1.69. The van der Waals surface area contributed by atoms with Crippen LogP contribution in [0.25, 0.3) is 0 Å². The summed E-state index contributed by atoms with van der Waals surface area (Å²) in [4.78, 5) is 21.1. The zero-order valence-electron chi connectivity index (χ0n) is 10.5. The third kappa shape index (κ3) is 2.85. The fourth-order valence-corrected chi connectivity index (χ4v) is 2.18. The van der Waals surface area contributed by atoms with E-state index in [1.807, 2.05) is 0 Å². The van der Waals surface area contributed by atoms with E-state index in [-0.39, 0.29) is 10.2 Å². The molecule has 0 aliphatic rings. The van der Waals surface area contributed by atoms with Gasteiger partial charge in [-0.2, -0.15) is 0 Å². The molecule has 0 spiro atoms. The van der Waals surface area contributed by atoms with Gasteiger partial charge in [0.15, 0.2) is 0 Å². The molecule has 0 aliphatic carbocycles. The van der Waals surface area contributed by atoms with E-state index in [0.29, 0.717) is 17.1 Å². The Morgan fingerprint density at radius 1 is 1.30 bits per heavy atom. The summed E-state index contributed by atoms with van der Waals surface area (Å²) in [5.74, 6) is 0.853. The first-order valence-electron chi connectivity index (χ1n) is 5.69. The van der Waals surface area contributed by atoms with Crippen LogP contribution in [0.4, 0.5) is 5.69 Å². The van der Waals surface area contributed by atoms with Crippen molar-refractivity contribution in [3.63, 3.8) is 0 Å². The standard InChI is InChI=1S/C14H10BrNO4/c1-9-7-11(6-5-10(9)8-17)20-13-4-2-3-12(14(13)15)16(18)19/h2-8H,1H3. The van der Waals surface area contributed by atoms with Crippen molar-refractivity contribution in [2.45, 2.75) is 6.92 Å². The lowest BCUT2D eigenvalue weighted by molar-refractivity contribution is -0.385. The summed E-state index contributed by atoms with van der Waals surface area (Å²) in [6, 6.07) is 9.54. The Bertz CT molecular complexity index is 685. The van der Waals surface area contributed by atoms with Crippen LogP contribution in [0.2, 0.25) is 0 Å². The van der Waals surface area contributed by atoms with Crippen LogP contribution in [-0.2, 0) is 0 Å². The van der Waals surface area contributed by atoms with Crippen LogP contribution in [0.1, 0.15) is 15.9 Å². The molecular formula is C14H10BrNO4. The van der Waals surface area contributed by atoms with Crippen molar-refractivity contribution in [1.29, 1.82) is 0 Å². The van der Waals surface area contributed by atoms with Crippen LogP contribution in [0, 0.1) is 17.0 Å². The van der Waals surface area contributed by atoms with Crippen molar-refractivity contribution in [3.05, 3.63) is 62.1 Å². The van der Waals surface area contributed by atoms with Crippen LogP contribution >= 0.6 is 15.9 Å². The first-order valence-corrected chi connectivity index (χ1v) is 6.49. The van der Waals surface area contributed by atoms with Gasteiger partial charge in [0.1, 0.15) is 22.3 Å². The monoisotopic (exact) mass is 335 g/mol. The molecule has 2 aromatic rings. The minimum Gasteiger partial charge on any atom is -0.456 e. The second kappa shape index (κ2) is 5.83. The van der Waals surface area contributed by atoms with Crippen molar-refractivity contribution in [1.82, 2.24) is 0 Å². The number of ether oxygens (including phenoxy) is 1. The smallest absolute Gasteiger partial charge is 0.287 e. The van der Waals surface area contributed by atoms with Crippen LogP contribution < -0.4 is 4.74 Å². The third-order valence-corrected chi connectivity index (χ3v) is 3.53. The molecule has 20 heavy (non-hydrogen) atoms. The van der Waals surface area contributed by atoms with Gasteiger partial charge in [0.25, 0.3) is 5.69 Å². The van der Waals surface area contributed by atoms with Crippen molar-refractivity contribution in [3.8, 4) is 11.5 Å². The number of nitro benzene ring substituents is 1. The molecule has 0 saturated carbocycles. The quantitative estimate of drug-likeness (QED) is 0.475. The predicted molar refractivity (Wildman–Crippen MR) is 77.4 cm³/mol. The molecule has 0 N–H and O–H groups in total. The molecule has 0 atom stereocenters. The number of hydrogen-bond donors (Lipinski definition) is 0. The van der Waals surface area contributed by atoms with E-state index in [1.54, 1.807) is 37.3 Å². The topological polar surface area (TPSA) is 69.4 Å². The molecule has 0 aliphatic heterocycles. The van der Waals surface area contributed by atoms with E-state index >= 15 is 0 Å². The molecule has 102 valence electrons. The first-order chi connectivity index (χ1) is 9.52. The number of carbonyl (C=O) groups is 1. The normalized spacial score (nSPS) is 10.1. The molecule has 2 rings (SSSR count). The lowest BCUT2D eigenvalue weighted by atomic mass is 10.1. The number of rotatable bonds is 4. The van der Waals surface area contributed by atoms with Crippen molar-refractivity contribution >= 4 is 27.9 Å². The average molecular weight is 336 g/mol. The molecular weight excluding hydrogens is 326 g/mol. The van der Waals surface area contributed by atoms with Crippen LogP contribution in [0.15, 0.2) is 40.9 Å². The summed E-state index contributed by atoms with van der Waals surface area (Å²) in [6.07, 6.45) is 0.766. The average Bonchev–Trinajstić information content (AvgIpc) is 2.41. The fraction of sp³-hybridized carbons (Fsp3) is 0.0714. The first kappa shape index (κ1) is 14.2. The summed E-state index contributed by atoms with van der Waals surface area (Å²) < 4.78 is 5.89. The van der Waals surface area contributed by atoms with Gasteiger partial charge in [-0.15, -0.1) is 0 Å². The van der Waals surface area contributed by atoms with E-state index < -0.39 is 4.92 Å². The highest BCUT2D eigenvalue weighted by molar-refractivity contribution is 9.10. The molecule has 0 unspecified atom stereocenters.